The molecule has 2 aromatic rings. The predicted molar refractivity (Wildman–Crippen MR) is 109 cm³/mol. The standard InChI is InChI=1S/C21H22F2N4O5/c1-11-9-32-10-21(11)25(2)20(31)16-18(29)17(28)14(8-27(16)26(21)3)19(30)24-7-12-4-5-13(22)6-15(12)23/h4-6,8,11,29H,7,9-10H2,1-3H3,(H,24,30). The summed E-state index contributed by atoms with van der Waals surface area (Å²) in [5.41, 5.74) is -2.59. The molecule has 1 aromatic carbocycles. The number of halogens is 2. The zero-order chi connectivity index (χ0) is 23.4. The fourth-order valence-electron chi connectivity index (χ4n) is 4.36. The molecule has 2 unspecified atom stereocenters. The van der Waals surface area contributed by atoms with Crippen LogP contribution in [0, 0.1) is 17.6 Å². The lowest BCUT2D eigenvalue weighted by molar-refractivity contribution is 0.0243. The van der Waals surface area contributed by atoms with Crippen LogP contribution < -0.4 is 15.8 Å². The third-order valence-corrected chi connectivity index (χ3v) is 6.31. The molecule has 4 rings (SSSR count). The molecule has 0 aliphatic carbocycles. The second-order valence-electron chi connectivity index (χ2n) is 8.01. The molecular weight excluding hydrogens is 426 g/mol. The fraction of sp³-hybridized carbons (Fsp3) is 0.381. The van der Waals surface area contributed by atoms with Gasteiger partial charge in [-0.05, 0) is 6.07 Å². The zero-order valence-corrected chi connectivity index (χ0v) is 17.7. The van der Waals surface area contributed by atoms with Crippen molar-refractivity contribution < 1.29 is 28.2 Å². The van der Waals surface area contributed by atoms with Gasteiger partial charge in [-0.15, -0.1) is 0 Å². The summed E-state index contributed by atoms with van der Waals surface area (Å²) in [5, 5.41) is 14.6. The maximum atomic E-state index is 13.9. The minimum absolute atomic E-state index is 0.0202. The second kappa shape index (κ2) is 7.59. The van der Waals surface area contributed by atoms with E-state index in [9.17, 15) is 28.3 Å². The van der Waals surface area contributed by atoms with E-state index in [1.165, 1.54) is 21.8 Å². The monoisotopic (exact) mass is 448 g/mol. The maximum absolute atomic E-state index is 13.9. The van der Waals surface area contributed by atoms with Crippen LogP contribution in [0.15, 0.2) is 29.2 Å². The number of benzene rings is 1. The highest BCUT2D eigenvalue weighted by molar-refractivity contribution is 5.99. The third kappa shape index (κ3) is 3.03. The molecule has 11 heteroatoms. The third-order valence-electron chi connectivity index (χ3n) is 6.31. The first kappa shape index (κ1) is 21.8. The van der Waals surface area contributed by atoms with Gasteiger partial charge >= 0.3 is 0 Å². The smallest absolute Gasteiger partial charge is 0.278 e. The van der Waals surface area contributed by atoms with Crippen LogP contribution in [0.4, 0.5) is 8.78 Å². The number of nitrogens with zero attached hydrogens (tertiary/aromatic N) is 3. The largest absolute Gasteiger partial charge is 0.502 e. The van der Waals surface area contributed by atoms with Gasteiger partial charge < -0.3 is 20.1 Å². The molecule has 2 atom stereocenters. The van der Waals surface area contributed by atoms with Crippen molar-refractivity contribution in [2.24, 2.45) is 5.92 Å². The lowest BCUT2D eigenvalue weighted by Crippen LogP contribution is -2.71. The first-order valence-electron chi connectivity index (χ1n) is 9.90. The maximum Gasteiger partial charge on any atom is 0.278 e. The summed E-state index contributed by atoms with van der Waals surface area (Å²) >= 11 is 0. The van der Waals surface area contributed by atoms with Gasteiger partial charge in [0.1, 0.15) is 17.2 Å². The number of hydrogen-bond donors (Lipinski definition) is 2. The zero-order valence-electron chi connectivity index (χ0n) is 17.7. The summed E-state index contributed by atoms with van der Waals surface area (Å²) in [4.78, 5) is 39.9. The van der Waals surface area contributed by atoms with Gasteiger partial charge in [-0.3, -0.25) is 24.1 Å². The Morgan fingerprint density at radius 3 is 2.66 bits per heavy atom. The van der Waals surface area contributed by atoms with Gasteiger partial charge in [-0.1, -0.05) is 13.0 Å². The summed E-state index contributed by atoms with van der Waals surface area (Å²) in [6.07, 6.45) is 1.17. The molecule has 2 aliphatic heterocycles. The minimum atomic E-state index is -1.03. The van der Waals surface area contributed by atoms with E-state index in [1.54, 1.807) is 19.1 Å². The summed E-state index contributed by atoms with van der Waals surface area (Å²) < 4.78 is 33.8. The normalized spacial score (nSPS) is 22.4. The summed E-state index contributed by atoms with van der Waals surface area (Å²) in [5.74, 6) is -4.04. The van der Waals surface area contributed by atoms with Crippen molar-refractivity contribution in [1.29, 1.82) is 0 Å². The number of ether oxygens (including phenoxy) is 1. The molecule has 1 saturated heterocycles. The van der Waals surface area contributed by atoms with E-state index in [4.69, 9.17) is 4.74 Å². The first-order valence-corrected chi connectivity index (χ1v) is 9.90. The second-order valence-corrected chi connectivity index (χ2v) is 8.01. The van der Waals surface area contributed by atoms with Crippen molar-refractivity contribution in [1.82, 2.24) is 14.9 Å². The number of hydrogen-bond acceptors (Lipinski definition) is 6. The van der Waals surface area contributed by atoms with E-state index in [2.05, 4.69) is 5.32 Å². The number of amides is 2. The Morgan fingerprint density at radius 2 is 2.03 bits per heavy atom. The first-order chi connectivity index (χ1) is 15.1. The number of carbonyl (C=O) groups is 2. The van der Waals surface area contributed by atoms with Crippen LogP contribution in [0.3, 0.4) is 0 Å². The van der Waals surface area contributed by atoms with Gasteiger partial charge in [0, 0.05) is 44.4 Å². The van der Waals surface area contributed by atoms with Crippen LogP contribution in [-0.2, 0) is 11.3 Å². The highest BCUT2D eigenvalue weighted by Gasteiger charge is 2.54. The van der Waals surface area contributed by atoms with Crippen molar-refractivity contribution in [3.05, 3.63) is 63.1 Å². The van der Waals surface area contributed by atoms with E-state index in [1.807, 2.05) is 6.92 Å². The van der Waals surface area contributed by atoms with E-state index >= 15 is 0 Å². The number of fused-ring (bicyclic) bond motifs is 1. The average Bonchev–Trinajstić information content (AvgIpc) is 3.14. The molecule has 1 fully saturated rings. The minimum Gasteiger partial charge on any atom is -0.502 e. The molecule has 2 N–H and O–H groups in total. The predicted octanol–water partition coefficient (Wildman–Crippen LogP) is 0.778. The number of aromatic nitrogens is 1. The van der Waals surface area contributed by atoms with Crippen molar-refractivity contribution in [3.63, 3.8) is 0 Å². The fourth-order valence-corrected chi connectivity index (χ4v) is 4.36. The van der Waals surface area contributed by atoms with Gasteiger partial charge in [0.25, 0.3) is 11.8 Å². The summed E-state index contributed by atoms with van der Waals surface area (Å²) in [6.45, 7) is 2.20. The molecule has 3 heterocycles. The Kier molecular flexibility index (Phi) is 5.16. The van der Waals surface area contributed by atoms with Crippen LogP contribution in [0.2, 0.25) is 0 Å². The molecule has 2 amide bonds. The molecule has 9 nitrogen and oxygen atoms in total. The topological polar surface area (TPSA) is 104 Å². The quantitative estimate of drug-likeness (QED) is 0.719. The molecule has 1 aromatic heterocycles. The van der Waals surface area contributed by atoms with E-state index in [-0.39, 0.29) is 30.3 Å². The molecule has 0 radical (unpaired) electrons. The number of pyridine rings is 1. The Bertz CT molecular complexity index is 1180. The number of carbonyl (C=O) groups excluding carboxylic acids is 2. The van der Waals surface area contributed by atoms with Gasteiger partial charge in [0.05, 0.1) is 13.2 Å². The van der Waals surface area contributed by atoms with Gasteiger partial charge in [-0.2, -0.15) is 0 Å². The number of aromatic hydroxyl groups is 1. The Morgan fingerprint density at radius 1 is 1.31 bits per heavy atom. The lowest BCUT2D eigenvalue weighted by Gasteiger charge is -2.52. The van der Waals surface area contributed by atoms with Crippen molar-refractivity contribution in [3.8, 4) is 5.75 Å². The SMILES string of the molecule is CC1COCC12N(C)C(=O)c1c(O)c(=O)c(C(=O)NCc3ccc(F)cc3F)cn1N2C. The number of likely N-dealkylation sites (N-methyl/N-ethyl adjacent to an activating group) is 2. The van der Waals surface area contributed by atoms with Crippen molar-refractivity contribution in [2.45, 2.75) is 19.1 Å². The average molecular weight is 448 g/mol. The Hall–Kier alpha value is -3.47. The highest BCUT2D eigenvalue weighted by Crippen LogP contribution is 2.38. The number of nitrogens with one attached hydrogen (secondary N) is 1. The lowest BCUT2D eigenvalue weighted by atomic mass is 9.94. The molecular formula is C21H22F2N4O5. The van der Waals surface area contributed by atoms with Crippen LogP contribution in [0.5, 0.6) is 5.75 Å². The van der Waals surface area contributed by atoms with Crippen LogP contribution in [0.25, 0.3) is 0 Å². The highest BCUT2D eigenvalue weighted by atomic mass is 19.1. The molecule has 1 spiro atoms. The van der Waals surface area contributed by atoms with Crippen LogP contribution in [0.1, 0.15) is 33.3 Å². The number of rotatable bonds is 3. The summed E-state index contributed by atoms with van der Waals surface area (Å²) in [6, 6.07) is 2.91. The van der Waals surface area contributed by atoms with Crippen LogP contribution >= 0.6 is 0 Å². The molecule has 32 heavy (non-hydrogen) atoms. The van der Waals surface area contributed by atoms with Gasteiger partial charge in [0.15, 0.2) is 17.1 Å². The van der Waals surface area contributed by atoms with Crippen LogP contribution in [-0.4, -0.2) is 59.5 Å². The summed E-state index contributed by atoms with van der Waals surface area (Å²) in [7, 11) is 3.23. The van der Waals surface area contributed by atoms with E-state index < -0.39 is 45.9 Å². The van der Waals surface area contributed by atoms with Crippen molar-refractivity contribution in [2.75, 3.05) is 32.3 Å². The van der Waals surface area contributed by atoms with Gasteiger partial charge in [0.2, 0.25) is 5.43 Å². The van der Waals surface area contributed by atoms with E-state index in [0.717, 1.165) is 6.07 Å². The molecule has 2 aliphatic rings. The van der Waals surface area contributed by atoms with Gasteiger partial charge in [-0.25, -0.2) is 8.78 Å². The van der Waals surface area contributed by atoms with Crippen molar-refractivity contribution >= 4 is 11.8 Å². The van der Waals surface area contributed by atoms with E-state index in [0.29, 0.717) is 12.7 Å². The Balaban J connectivity index is 1.72. The molecule has 0 bridgehead atoms. The molecule has 0 saturated carbocycles. The molecule has 170 valence electrons. The Labute approximate surface area is 181 Å².